The zero-order valence-corrected chi connectivity index (χ0v) is 12.0. The summed E-state index contributed by atoms with van der Waals surface area (Å²) in [7, 11) is 0. The minimum absolute atomic E-state index is 0.459. The summed E-state index contributed by atoms with van der Waals surface area (Å²) < 4.78 is 1.24. The molecule has 1 aliphatic rings. The second kappa shape index (κ2) is 5.99. The third kappa shape index (κ3) is 3.19. The van der Waals surface area contributed by atoms with Crippen molar-refractivity contribution in [2.24, 2.45) is 5.92 Å². The molecule has 16 heavy (non-hydrogen) atoms. The van der Waals surface area contributed by atoms with Crippen molar-refractivity contribution in [2.45, 2.75) is 32.2 Å². The van der Waals surface area contributed by atoms with Gasteiger partial charge in [-0.15, -0.1) is 11.3 Å². The quantitative estimate of drug-likeness (QED) is 0.806. The smallest absolute Gasteiger partial charge is 0.0397 e. The molecule has 0 bridgehead atoms. The molecule has 1 aliphatic carbocycles. The Morgan fingerprint density at radius 1 is 1.56 bits per heavy atom. The molecular weight excluding hydrogens is 282 g/mol. The van der Waals surface area contributed by atoms with E-state index in [0.717, 1.165) is 12.5 Å². The Hall–Kier alpha value is -0.120. The first-order chi connectivity index (χ1) is 7.77. The lowest BCUT2D eigenvalue weighted by molar-refractivity contribution is 0.417. The molecule has 0 saturated carbocycles. The van der Waals surface area contributed by atoms with Crippen LogP contribution in [0.2, 0.25) is 0 Å². The van der Waals surface area contributed by atoms with Gasteiger partial charge < -0.3 is 5.32 Å². The summed E-state index contributed by atoms with van der Waals surface area (Å²) in [5.41, 5.74) is 0. The fourth-order valence-electron chi connectivity index (χ4n) is 2.09. The van der Waals surface area contributed by atoms with Crippen molar-refractivity contribution in [3.63, 3.8) is 0 Å². The highest BCUT2D eigenvalue weighted by molar-refractivity contribution is 9.10. The Kier molecular flexibility index (Phi) is 4.62. The largest absolute Gasteiger partial charge is 0.309 e. The first-order valence-electron chi connectivity index (χ1n) is 5.88. The second-order valence-corrected chi connectivity index (χ2v) is 6.22. The van der Waals surface area contributed by atoms with Crippen LogP contribution in [0.15, 0.2) is 28.1 Å². The number of hydrogen-bond donors (Lipinski definition) is 1. The Morgan fingerprint density at radius 2 is 2.44 bits per heavy atom. The molecule has 0 saturated heterocycles. The van der Waals surface area contributed by atoms with Crippen molar-refractivity contribution in [1.29, 1.82) is 0 Å². The van der Waals surface area contributed by atoms with E-state index in [4.69, 9.17) is 0 Å². The second-order valence-electron chi connectivity index (χ2n) is 4.41. The third-order valence-corrected chi connectivity index (χ3v) is 5.18. The van der Waals surface area contributed by atoms with Crippen LogP contribution in [0.1, 0.15) is 37.1 Å². The van der Waals surface area contributed by atoms with Gasteiger partial charge in [-0.25, -0.2) is 0 Å². The maximum atomic E-state index is 3.64. The summed E-state index contributed by atoms with van der Waals surface area (Å²) in [4.78, 5) is 1.41. The first-order valence-corrected chi connectivity index (χ1v) is 7.56. The normalized spacial score (nSPS) is 22.2. The van der Waals surface area contributed by atoms with E-state index < -0.39 is 0 Å². The van der Waals surface area contributed by atoms with Gasteiger partial charge >= 0.3 is 0 Å². The average molecular weight is 300 g/mol. The highest BCUT2D eigenvalue weighted by Crippen LogP contribution is 2.29. The molecule has 3 heteroatoms. The van der Waals surface area contributed by atoms with Crippen LogP contribution in [-0.2, 0) is 0 Å². The highest BCUT2D eigenvalue weighted by atomic mass is 79.9. The van der Waals surface area contributed by atoms with E-state index in [1.807, 2.05) is 11.3 Å². The number of hydrogen-bond acceptors (Lipinski definition) is 2. The van der Waals surface area contributed by atoms with Crippen LogP contribution < -0.4 is 5.32 Å². The lowest BCUT2D eigenvalue weighted by Gasteiger charge is -2.21. The maximum Gasteiger partial charge on any atom is 0.0397 e. The summed E-state index contributed by atoms with van der Waals surface area (Å²) in [6, 6.07) is 2.59. The molecule has 0 fully saturated rings. The zero-order chi connectivity index (χ0) is 11.4. The SMILES string of the molecule is CC(NCC1CC=CCC1)c1sccc1Br. The summed E-state index contributed by atoms with van der Waals surface area (Å²) in [5.74, 6) is 0.825. The molecular formula is C13H18BrNS. The molecule has 1 N–H and O–H groups in total. The molecule has 1 heterocycles. The lowest BCUT2D eigenvalue weighted by atomic mass is 9.94. The van der Waals surface area contributed by atoms with Crippen LogP contribution in [0.5, 0.6) is 0 Å². The molecule has 1 nitrogen and oxygen atoms in total. The lowest BCUT2D eigenvalue weighted by Crippen LogP contribution is -2.26. The summed E-state index contributed by atoms with van der Waals surface area (Å²) in [5, 5.41) is 5.78. The van der Waals surface area contributed by atoms with E-state index in [2.05, 4.69) is 51.8 Å². The first kappa shape index (κ1) is 12.3. The van der Waals surface area contributed by atoms with E-state index >= 15 is 0 Å². The average Bonchev–Trinajstić information content (AvgIpc) is 2.74. The van der Waals surface area contributed by atoms with Crippen molar-refractivity contribution in [1.82, 2.24) is 5.32 Å². The van der Waals surface area contributed by atoms with Crippen LogP contribution >= 0.6 is 27.3 Å². The minimum atomic E-state index is 0.459. The third-order valence-electron chi connectivity index (χ3n) is 3.13. The number of halogens is 1. The minimum Gasteiger partial charge on any atom is -0.309 e. The fourth-order valence-corrected chi connectivity index (χ4v) is 3.84. The number of thiophene rings is 1. The van der Waals surface area contributed by atoms with Gasteiger partial charge in [-0.2, -0.15) is 0 Å². The van der Waals surface area contributed by atoms with Gasteiger partial charge in [0.05, 0.1) is 0 Å². The van der Waals surface area contributed by atoms with Gasteiger partial charge in [-0.3, -0.25) is 0 Å². The van der Waals surface area contributed by atoms with E-state index in [9.17, 15) is 0 Å². The van der Waals surface area contributed by atoms with Crippen molar-refractivity contribution in [3.8, 4) is 0 Å². The number of rotatable bonds is 4. The molecule has 0 aliphatic heterocycles. The van der Waals surface area contributed by atoms with Crippen molar-refractivity contribution in [2.75, 3.05) is 6.54 Å². The van der Waals surface area contributed by atoms with Crippen LogP contribution in [0.4, 0.5) is 0 Å². The Bertz CT molecular complexity index is 359. The van der Waals surface area contributed by atoms with E-state index in [1.54, 1.807) is 0 Å². The molecule has 1 aromatic heterocycles. The summed E-state index contributed by atoms with van der Waals surface area (Å²) in [6.07, 6.45) is 8.45. The Labute approximate surface area is 110 Å². The van der Waals surface area contributed by atoms with Crippen molar-refractivity contribution >= 4 is 27.3 Å². The van der Waals surface area contributed by atoms with Gasteiger partial charge in [-0.05, 0) is 66.0 Å². The van der Waals surface area contributed by atoms with Gasteiger partial charge in [0.1, 0.15) is 0 Å². The molecule has 88 valence electrons. The molecule has 2 unspecified atom stereocenters. The summed E-state index contributed by atoms with van der Waals surface area (Å²) in [6.45, 7) is 3.38. The highest BCUT2D eigenvalue weighted by Gasteiger charge is 2.14. The molecule has 2 atom stereocenters. The van der Waals surface area contributed by atoms with Crippen molar-refractivity contribution < 1.29 is 0 Å². The van der Waals surface area contributed by atoms with E-state index in [1.165, 1.54) is 28.6 Å². The monoisotopic (exact) mass is 299 g/mol. The maximum absolute atomic E-state index is 3.64. The van der Waals surface area contributed by atoms with Crippen LogP contribution in [0, 0.1) is 5.92 Å². The van der Waals surface area contributed by atoms with Crippen LogP contribution in [0.25, 0.3) is 0 Å². The van der Waals surface area contributed by atoms with Crippen molar-refractivity contribution in [3.05, 3.63) is 32.9 Å². The number of allylic oxidation sites excluding steroid dienone is 2. The topological polar surface area (TPSA) is 12.0 Å². The van der Waals surface area contributed by atoms with Gasteiger partial charge in [0.25, 0.3) is 0 Å². The fraction of sp³-hybridized carbons (Fsp3) is 0.538. The molecule has 0 spiro atoms. The zero-order valence-electron chi connectivity index (χ0n) is 9.58. The molecule has 2 rings (SSSR count). The van der Waals surface area contributed by atoms with Gasteiger partial charge in [0, 0.05) is 15.4 Å². The molecule has 0 radical (unpaired) electrons. The Morgan fingerprint density at radius 3 is 3.06 bits per heavy atom. The predicted molar refractivity (Wildman–Crippen MR) is 74.9 cm³/mol. The molecule has 0 aromatic carbocycles. The Balaban J connectivity index is 1.81. The van der Waals surface area contributed by atoms with Gasteiger partial charge in [-0.1, -0.05) is 12.2 Å². The standard InChI is InChI=1S/C13H18BrNS/c1-10(13-12(14)7-8-16-13)15-9-11-5-3-2-4-6-11/h2-3,7-8,10-11,15H,4-6,9H2,1H3. The van der Waals surface area contributed by atoms with Gasteiger partial charge in [0.15, 0.2) is 0 Å². The van der Waals surface area contributed by atoms with Crippen LogP contribution in [0.3, 0.4) is 0 Å². The van der Waals surface area contributed by atoms with E-state index in [-0.39, 0.29) is 0 Å². The number of nitrogens with one attached hydrogen (secondary N) is 1. The summed E-state index contributed by atoms with van der Waals surface area (Å²) >= 11 is 5.41. The van der Waals surface area contributed by atoms with E-state index in [0.29, 0.717) is 6.04 Å². The molecule has 1 aromatic rings. The molecule has 0 amide bonds. The van der Waals surface area contributed by atoms with Gasteiger partial charge in [0.2, 0.25) is 0 Å². The predicted octanol–water partition coefficient (Wildman–Crippen LogP) is 4.52. The van der Waals surface area contributed by atoms with Crippen LogP contribution in [-0.4, -0.2) is 6.54 Å².